The molecule has 2 heterocycles. The van der Waals surface area contributed by atoms with Crippen LogP contribution in [0.5, 0.6) is 0 Å². The average Bonchev–Trinajstić information content (AvgIpc) is 3.25. The van der Waals surface area contributed by atoms with E-state index in [0.717, 1.165) is 17.7 Å². The SMILES string of the molecule is CCOC(=O)[C@@]1(Cc2ccccc2)C[C@H]2CC[C@@H]1N2C(=O)c1c(F)cccc1F. The first-order valence-electron chi connectivity index (χ1n) is 9.95. The molecule has 0 aliphatic carbocycles. The molecular formula is C23H23F2NO3. The molecule has 3 atom stereocenters. The first kappa shape index (κ1) is 19.6. The van der Waals surface area contributed by atoms with E-state index in [-0.39, 0.29) is 18.6 Å². The van der Waals surface area contributed by atoms with Crippen LogP contribution in [0.4, 0.5) is 8.78 Å². The van der Waals surface area contributed by atoms with Crippen molar-refractivity contribution >= 4 is 11.9 Å². The fourth-order valence-electron chi connectivity index (χ4n) is 5.04. The van der Waals surface area contributed by atoms with Gasteiger partial charge in [0, 0.05) is 12.1 Å². The van der Waals surface area contributed by atoms with Crippen LogP contribution in [0.3, 0.4) is 0 Å². The van der Waals surface area contributed by atoms with Gasteiger partial charge in [-0.25, -0.2) is 8.78 Å². The standard InChI is InChI=1S/C23H23F2NO3/c1-2-29-22(28)23(13-15-7-4-3-5-8-15)14-16-11-12-19(23)26(16)21(27)20-17(24)9-6-10-18(20)25/h3-10,16,19H,2,11-14H2,1H3/t16-,19+,23+/m1/s1. The Balaban J connectivity index is 1.72. The predicted octanol–water partition coefficient (Wildman–Crippen LogP) is 4.13. The van der Waals surface area contributed by atoms with E-state index in [1.807, 2.05) is 30.3 Å². The molecule has 0 saturated carbocycles. The van der Waals surface area contributed by atoms with E-state index in [1.54, 1.807) is 6.92 Å². The smallest absolute Gasteiger partial charge is 0.314 e. The van der Waals surface area contributed by atoms with Gasteiger partial charge in [-0.15, -0.1) is 0 Å². The Morgan fingerprint density at radius 1 is 1.07 bits per heavy atom. The largest absolute Gasteiger partial charge is 0.465 e. The van der Waals surface area contributed by atoms with Crippen molar-refractivity contribution in [2.45, 2.75) is 44.7 Å². The van der Waals surface area contributed by atoms with Crippen LogP contribution >= 0.6 is 0 Å². The highest BCUT2D eigenvalue weighted by Gasteiger charge is 2.62. The summed E-state index contributed by atoms with van der Waals surface area (Å²) >= 11 is 0. The zero-order valence-electron chi connectivity index (χ0n) is 16.2. The van der Waals surface area contributed by atoms with Crippen LogP contribution in [0, 0.1) is 17.0 Å². The van der Waals surface area contributed by atoms with Gasteiger partial charge in [-0.2, -0.15) is 0 Å². The number of nitrogens with zero attached hydrogens (tertiary/aromatic N) is 1. The number of amides is 1. The minimum atomic E-state index is -0.905. The first-order valence-corrected chi connectivity index (χ1v) is 9.95. The molecule has 2 aliphatic rings. The molecule has 4 rings (SSSR count). The van der Waals surface area contributed by atoms with Gasteiger partial charge in [0.1, 0.15) is 17.2 Å². The summed E-state index contributed by atoms with van der Waals surface area (Å²) in [7, 11) is 0. The number of halogens is 2. The molecule has 152 valence electrons. The molecule has 0 unspecified atom stereocenters. The molecular weight excluding hydrogens is 376 g/mol. The van der Waals surface area contributed by atoms with Crippen molar-refractivity contribution in [3.63, 3.8) is 0 Å². The predicted molar refractivity (Wildman–Crippen MR) is 103 cm³/mol. The van der Waals surface area contributed by atoms with E-state index in [2.05, 4.69) is 0 Å². The number of hydrogen-bond acceptors (Lipinski definition) is 3. The van der Waals surface area contributed by atoms with E-state index in [0.29, 0.717) is 25.7 Å². The fourth-order valence-corrected chi connectivity index (χ4v) is 5.04. The summed E-state index contributed by atoms with van der Waals surface area (Å²) in [6, 6.07) is 12.3. The zero-order valence-corrected chi connectivity index (χ0v) is 16.2. The minimum Gasteiger partial charge on any atom is -0.465 e. The summed E-state index contributed by atoms with van der Waals surface area (Å²) in [4.78, 5) is 27.8. The maximum Gasteiger partial charge on any atom is 0.314 e. The van der Waals surface area contributed by atoms with E-state index in [9.17, 15) is 18.4 Å². The maximum absolute atomic E-state index is 14.3. The molecule has 0 radical (unpaired) electrons. The quantitative estimate of drug-likeness (QED) is 0.710. The Kier molecular flexibility index (Phi) is 5.11. The summed E-state index contributed by atoms with van der Waals surface area (Å²) in [5.41, 5.74) is -0.487. The molecule has 6 heteroatoms. The first-order chi connectivity index (χ1) is 14.0. The normalized spacial score (nSPS) is 25.3. The summed E-state index contributed by atoms with van der Waals surface area (Å²) in [5.74, 6) is -2.80. The molecule has 29 heavy (non-hydrogen) atoms. The molecule has 4 nitrogen and oxygen atoms in total. The van der Waals surface area contributed by atoms with Crippen LogP contribution in [0.15, 0.2) is 48.5 Å². The molecule has 2 saturated heterocycles. The minimum absolute atomic E-state index is 0.236. The fraction of sp³-hybridized carbons (Fsp3) is 0.391. The molecule has 2 bridgehead atoms. The number of ether oxygens (including phenoxy) is 1. The molecule has 0 spiro atoms. The summed E-state index contributed by atoms with van der Waals surface area (Å²) in [6.45, 7) is 1.99. The van der Waals surface area contributed by atoms with Gasteiger partial charge in [0.2, 0.25) is 0 Å². The van der Waals surface area contributed by atoms with Crippen LogP contribution in [-0.4, -0.2) is 35.5 Å². The Morgan fingerprint density at radius 3 is 2.41 bits per heavy atom. The van der Waals surface area contributed by atoms with Gasteiger partial charge >= 0.3 is 5.97 Å². The van der Waals surface area contributed by atoms with Crippen LogP contribution in [0.25, 0.3) is 0 Å². The number of rotatable bonds is 5. The molecule has 2 aromatic carbocycles. The van der Waals surface area contributed by atoms with Gasteiger partial charge in [0.05, 0.1) is 12.0 Å². The number of carbonyl (C=O) groups is 2. The van der Waals surface area contributed by atoms with Crippen molar-refractivity contribution < 1.29 is 23.1 Å². The Bertz CT molecular complexity index is 913. The van der Waals surface area contributed by atoms with Crippen LogP contribution < -0.4 is 0 Å². The second-order valence-electron chi connectivity index (χ2n) is 7.80. The second kappa shape index (κ2) is 7.58. The second-order valence-corrected chi connectivity index (χ2v) is 7.80. The Morgan fingerprint density at radius 2 is 1.76 bits per heavy atom. The lowest BCUT2D eigenvalue weighted by molar-refractivity contribution is -0.157. The lowest BCUT2D eigenvalue weighted by Crippen LogP contribution is -2.47. The molecule has 1 amide bonds. The maximum atomic E-state index is 14.3. The molecule has 0 N–H and O–H groups in total. The van der Waals surface area contributed by atoms with Crippen molar-refractivity contribution in [2.75, 3.05) is 6.61 Å². The van der Waals surface area contributed by atoms with Crippen molar-refractivity contribution in [3.05, 3.63) is 71.3 Å². The van der Waals surface area contributed by atoms with Crippen LogP contribution in [0.2, 0.25) is 0 Å². The van der Waals surface area contributed by atoms with Gasteiger partial charge in [-0.1, -0.05) is 36.4 Å². The van der Waals surface area contributed by atoms with Gasteiger partial charge in [0.25, 0.3) is 5.91 Å². The third kappa shape index (κ3) is 3.20. The molecule has 2 aromatic rings. The van der Waals surface area contributed by atoms with Crippen molar-refractivity contribution in [1.29, 1.82) is 0 Å². The van der Waals surface area contributed by atoms with E-state index >= 15 is 0 Å². The Labute approximate surface area is 168 Å². The van der Waals surface area contributed by atoms with Crippen molar-refractivity contribution in [1.82, 2.24) is 4.90 Å². The van der Waals surface area contributed by atoms with Crippen LogP contribution in [0.1, 0.15) is 42.1 Å². The highest BCUT2D eigenvalue weighted by atomic mass is 19.1. The lowest BCUT2D eigenvalue weighted by Gasteiger charge is -2.35. The molecule has 0 aromatic heterocycles. The van der Waals surface area contributed by atoms with Crippen molar-refractivity contribution in [3.8, 4) is 0 Å². The average molecular weight is 399 g/mol. The van der Waals surface area contributed by atoms with Gasteiger partial charge in [0.15, 0.2) is 0 Å². The van der Waals surface area contributed by atoms with Gasteiger partial charge in [-0.3, -0.25) is 9.59 Å². The topological polar surface area (TPSA) is 46.6 Å². The Hall–Kier alpha value is -2.76. The van der Waals surface area contributed by atoms with Crippen molar-refractivity contribution in [2.24, 2.45) is 5.41 Å². The molecule has 2 aliphatic heterocycles. The summed E-state index contributed by atoms with van der Waals surface area (Å²) in [6.07, 6.45) is 2.19. The monoisotopic (exact) mass is 399 g/mol. The lowest BCUT2D eigenvalue weighted by atomic mass is 9.70. The summed E-state index contributed by atoms with van der Waals surface area (Å²) < 4.78 is 33.9. The van der Waals surface area contributed by atoms with E-state index < -0.39 is 34.6 Å². The van der Waals surface area contributed by atoms with Crippen LogP contribution in [-0.2, 0) is 16.0 Å². The summed E-state index contributed by atoms with van der Waals surface area (Å²) in [5, 5.41) is 0. The van der Waals surface area contributed by atoms with Gasteiger partial charge in [-0.05, 0) is 50.3 Å². The highest BCUT2D eigenvalue weighted by Crippen LogP contribution is 2.53. The number of fused-ring (bicyclic) bond motifs is 2. The third-order valence-corrected chi connectivity index (χ3v) is 6.20. The third-order valence-electron chi connectivity index (χ3n) is 6.20. The highest BCUT2D eigenvalue weighted by molar-refractivity contribution is 5.96. The number of hydrogen-bond donors (Lipinski definition) is 0. The zero-order chi connectivity index (χ0) is 20.6. The number of benzene rings is 2. The number of carbonyl (C=O) groups excluding carboxylic acids is 2. The molecule has 2 fully saturated rings. The number of esters is 1. The van der Waals surface area contributed by atoms with E-state index in [1.165, 1.54) is 11.0 Å². The van der Waals surface area contributed by atoms with E-state index in [4.69, 9.17) is 4.74 Å². The van der Waals surface area contributed by atoms with Gasteiger partial charge < -0.3 is 9.64 Å².